The molecule has 0 saturated heterocycles. The summed E-state index contributed by atoms with van der Waals surface area (Å²) in [5, 5.41) is 0.101. The molecule has 1 aliphatic carbocycles. The summed E-state index contributed by atoms with van der Waals surface area (Å²) in [5.74, 6) is 0.206. The van der Waals surface area contributed by atoms with E-state index in [-0.39, 0.29) is 28.1 Å². The summed E-state index contributed by atoms with van der Waals surface area (Å²) >= 11 is 6.54. The van der Waals surface area contributed by atoms with Crippen LogP contribution in [-0.4, -0.2) is 57.8 Å². The average Bonchev–Trinajstić information content (AvgIpc) is 3.29. The molecule has 0 aliphatic heterocycles. The SMILES string of the molecule is C=C1[C@H](CO[Si](C)(C)C(C)(C)C)[C@@H](C)C[C@@H]1n1cnc2c(Cl)nc(N(C(=O)OC(C)(C)C)C(=O)OC(C)(C)C)nc21. The molecular formula is C29H46ClN5O5Si. The molecule has 2 aromatic rings. The maximum atomic E-state index is 13.2. The molecule has 2 aromatic heterocycles. The van der Waals surface area contributed by atoms with Crippen molar-refractivity contribution in [2.45, 2.75) is 111 Å². The van der Waals surface area contributed by atoms with Crippen molar-refractivity contribution in [2.24, 2.45) is 11.8 Å². The lowest BCUT2D eigenvalue weighted by Crippen LogP contribution is -2.44. The highest BCUT2D eigenvalue weighted by atomic mass is 35.5. The van der Waals surface area contributed by atoms with Crippen LogP contribution in [0.4, 0.5) is 15.5 Å². The molecule has 228 valence electrons. The number of nitrogens with zero attached hydrogens (tertiary/aromatic N) is 5. The number of hydrogen-bond donors (Lipinski definition) is 0. The lowest BCUT2D eigenvalue weighted by Gasteiger charge is -2.37. The Balaban J connectivity index is 2.01. The van der Waals surface area contributed by atoms with Gasteiger partial charge in [-0.2, -0.15) is 9.97 Å². The van der Waals surface area contributed by atoms with Gasteiger partial charge in [-0.3, -0.25) is 0 Å². The molecule has 0 aromatic carbocycles. The Morgan fingerprint density at radius 1 is 1.05 bits per heavy atom. The van der Waals surface area contributed by atoms with E-state index in [1.165, 1.54) is 0 Å². The van der Waals surface area contributed by atoms with E-state index in [9.17, 15) is 9.59 Å². The molecular weight excluding hydrogens is 562 g/mol. The molecule has 1 fully saturated rings. The Bertz CT molecular complexity index is 1290. The lowest BCUT2D eigenvalue weighted by molar-refractivity contribution is 0.0427. The number of amides is 2. The third-order valence-corrected chi connectivity index (χ3v) is 12.4. The van der Waals surface area contributed by atoms with E-state index in [4.69, 9.17) is 25.5 Å². The van der Waals surface area contributed by atoms with Crippen LogP contribution in [0.1, 0.15) is 81.7 Å². The first kappa shape index (κ1) is 33.0. The van der Waals surface area contributed by atoms with E-state index >= 15 is 0 Å². The standard InChI is InChI=1S/C29H46ClN5O5Si/c1-17-14-20(18(2)19(17)15-38-41(12,13)29(9,10)11)34-16-31-21-22(30)32-24(33-23(21)34)35(25(36)39-27(3,4)5)26(37)40-28(6,7)8/h16-17,19-20H,2,14-15H2,1,3-13H3/t17-,19+,20-/m0/s1. The fourth-order valence-electron chi connectivity index (χ4n) is 4.41. The number of rotatable bonds is 5. The number of fused-ring (bicyclic) bond motifs is 1. The Kier molecular flexibility index (Phi) is 9.09. The molecule has 12 heteroatoms. The fourth-order valence-corrected chi connectivity index (χ4v) is 5.65. The summed E-state index contributed by atoms with van der Waals surface area (Å²) in [4.78, 5) is 40.4. The molecule has 2 amide bonds. The van der Waals surface area contributed by atoms with Gasteiger partial charge in [-0.25, -0.2) is 14.6 Å². The molecule has 0 N–H and O–H groups in total. The number of ether oxygens (including phenoxy) is 2. The van der Waals surface area contributed by atoms with Crippen LogP contribution < -0.4 is 4.90 Å². The highest BCUT2D eigenvalue weighted by molar-refractivity contribution is 6.74. The summed E-state index contributed by atoms with van der Waals surface area (Å²) in [5.41, 5.74) is -0.0205. The number of anilines is 1. The molecule has 0 radical (unpaired) electrons. The largest absolute Gasteiger partial charge is 0.443 e. The first-order valence-corrected chi connectivity index (χ1v) is 17.3. The molecule has 10 nitrogen and oxygen atoms in total. The van der Waals surface area contributed by atoms with Gasteiger partial charge in [-0.05, 0) is 77.6 Å². The average molecular weight is 608 g/mol. The molecule has 0 bridgehead atoms. The van der Waals surface area contributed by atoms with Crippen LogP contribution in [0.2, 0.25) is 23.3 Å². The van der Waals surface area contributed by atoms with Gasteiger partial charge >= 0.3 is 12.2 Å². The Hall–Kier alpha value is -2.50. The number of aromatic nitrogens is 4. The van der Waals surface area contributed by atoms with Crippen molar-refractivity contribution in [2.75, 3.05) is 11.5 Å². The van der Waals surface area contributed by atoms with Crippen LogP contribution in [0.15, 0.2) is 18.5 Å². The van der Waals surface area contributed by atoms with E-state index in [1.54, 1.807) is 47.9 Å². The van der Waals surface area contributed by atoms with Crippen LogP contribution >= 0.6 is 11.6 Å². The van der Waals surface area contributed by atoms with Gasteiger partial charge in [0.15, 0.2) is 19.1 Å². The Labute approximate surface area is 249 Å². The minimum Gasteiger partial charge on any atom is -0.443 e. The summed E-state index contributed by atoms with van der Waals surface area (Å²) in [6.07, 6.45) is 0.499. The molecule has 1 saturated carbocycles. The van der Waals surface area contributed by atoms with Crippen LogP contribution in [0.25, 0.3) is 11.2 Å². The summed E-state index contributed by atoms with van der Waals surface area (Å²) in [6, 6.07) is -0.127. The van der Waals surface area contributed by atoms with E-state index in [0.29, 0.717) is 28.6 Å². The van der Waals surface area contributed by atoms with Crippen LogP contribution in [0, 0.1) is 11.8 Å². The minimum absolute atomic E-state index is 0.00432. The highest BCUT2D eigenvalue weighted by Crippen LogP contribution is 2.46. The number of carbonyl (C=O) groups excluding carboxylic acids is 2. The monoisotopic (exact) mass is 607 g/mol. The maximum absolute atomic E-state index is 13.2. The minimum atomic E-state index is -1.94. The zero-order valence-electron chi connectivity index (χ0n) is 26.6. The Morgan fingerprint density at radius 3 is 2.07 bits per heavy atom. The molecule has 0 unspecified atom stereocenters. The van der Waals surface area contributed by atoms with Crippen molar-refractivity contribution >= 4 is 49.2 Å². The van der Waals surface area contributed by atoms with Gasteiger partial charge in [0.1, 0.15) is 16.7 Å². The third kappa shape index (κ3) is 7.48. The number of carbonyl (C=O) groups is 2. The Morgan fingerprint density at radius 2 is 1.59 bits per heavy atom. The van der Waals surface area contributed by atoms with Crippen LogP contribution in [-0.2, 0) is 13.9 Å². The van der Waals surface area contributed by atoms with E-state index in [0.717, 1.165) is 12.0 Å². The van der Waals surface area contributed by atoms with Gasteiger partial charge in [-0.1, -0.05) is 45.9 Å². The van der Waals surface area contributed by atoms with Gasteiger partial charge < -0.3 is 18.5 Å². The second-order valence-electron chi connectivity index (χ2n) is 14.4. The second-order valence-corrected chi connectivity index (χ2v) is 19.6. The summed E-state index contributed by atoms with van der Waals surface area (Å²) < 4.78 is 19.4. The van der Waals surface area contributed by atoms with Gasteiger partial charge in [0.05, 0.1) is 12.4 Å². The van der Waals surface area contributed by atoms with Crippen molar-refractivity contribution in [1.29, 1.82) is 0 Å². The number of imide groups is 1. The molecule has 3 atom stereocenters. The second kappa shape index (κ2) is 11.3. The van der Waals surface area contributed by atoms with Gasteiger partial charge in [0, 0.05) is 12.5 Å². The van der Waals surface area contributed by atoms with Gasteiger partial charge in [0.2, 0.25) is 5.95 Å². The zero-order chi connectivity index (χ0) is 31.3. The smallest absolute Gasteiger partial charge is 0.427 e. The van der Waals surface area contributed by atoms with E-state index < -0.39 is 31.7 Å². The van der Waals surface area contributed by atoms with E-state index in [2.05, 4.69) is 62.3 Å². The summed E-state index contributed by atoms with van der Waals surface area (Å²) in [7, 11) is -1.94. The topological polar surface area (TPSA) is 109 Å². The normalized spacial score (nSPS) is 20.4. The maximum Gasteiger partial charge on any atom is 0.427 e. The zero-order valence-corrected chi connectivity index (χ0v) is 28.3. The predicted molar refractivity (Wildman–Crippen MR) is 164 cm³/mol. The third-order valence-electron chi connectivity index (χ3n) is 7.67. The van der Waals surface area contributed by atoms with Gasteiger partial charge in [-0.15, -0.1) is 4.90 Å². The highest BCUT2D eigenvalue weighted by Gasteiger charge is 2.42. The van der Waals surface area contributed by atoms with Crippen molar-refractivity contribution in [3.63, 3.8) is 0 Å². The van der Waals surface area contributed by atoms with Crippen molar-refractivity contribution in [1.82, 2.24) is 19.5 Å². The van der Waals surface area contributed by atoms with Crippen molar-refractivity contribution in [3.8, 4) is 0 Å². The predicted octanol–water partition coefficient (Wildman–Crippen LogP) is 7.93. The molecule has 3 rings (SSSR count). The first-order chi connectivity index (χ1) is 18.5. The van der Waals surface area contributed by atoms with Crippen LogP contribution in [0.3, 0.4) is 0 Å². The van der Waals surface area contributed by atoms with Crippen LogP contribution in [0.5, 0.6) is 0 Å². The summed E-state index contributed by atoms with van der Waals surface area (Å²) in [6.45, 7) is 28.6. The quantitative estimate of drug-likeness (QED) is 0.191. The molecule has 0 spiro atoms. The van der Waals surface area contributed by atoms with Gasteiger partial charge in [0.25, 0.3) is 0 Å². The fraction of sp³-hybridized carbons (Fsp3) is 0.690. The number of imidazole rings is 1. The number of halogens is 1. The van der Waals surface area contributed by atoms with Crippen molar-refractivity contribution < 1.29 is 23.5 Å². The molecule has 2 heterocycles. The number of hydrogen-bond acceptors (Lipinski definition) is 8. The lowest BCUT2D eigenvalue weighted by atomic mass is 9.97. The first-order valence-electron chi connectivity index (χ1n) is 14.0. The van der Waals surface area contributed by atoms with Crippen molar-refractivity contribution in [3.05, 3.63) is 23.6 Å². The molecule has 41 heavy (non-hydrogen) atoms. The molecule has 1 aliphatic rings. The van der Waals surface area contributed by atoms with E-state index in [1.807, 2.05) is 4.57 Å².